The molecule has 2 fully saturated rings. The molecule has 3 aromatic rings. The van der Waals surface area contributed by atoms with Crippen LogP contribution in [0, 0.1) is 11.8 Å². The molecule has 0 spiro atoms. The van der Waals surface area contributed by atoms with Gasteiger partial charge in [0, 0.05) is 79.7 Å². The zero-order valence-corrected chi connectivity index (χ0v) is 19.7. The maximum Gasteiger partial charge on any atom is 0.225 e. The van der Waals surface area contributed by atoms with Crippen molar-refractivity contribution in [2.24, 2.45) is 11.8 Å². The maximum atomic E-state index is 13.0. The summed E-state index contributed by atoms with van der Waals surface area (Å²) in [6, 6.07) is 8.12. The van der Waals surface area contributed by atoms with Crippen LogP contribution in [0.2, 0.25) is 0 Å². The number of piperazine rings is 1. The molecule has 0 bridgehead atoms. The van der Waals surface area contributed by atoms with Crippen LogP contribution in [0.5, 0.6) is 0 Å². The van der Waals surface area contributed by atoms with Gasteiger partial charge < -0.3 is 9.80 Å². The van der Waals surface area contributed by atoms with Gasteiger partial charge in [-0.15, -0.1) is 0 Å². The van der Waals surface area contributed by atoms with Gasteiger partial charge in [-0.05, 0) is 50.2 Å². The van der Waals surface area contributed by atoms with Gasteiger partial charge in [-0.25, -0.2) is 0 Å². The highest BCUT2D eigenvalue weighted by atomic mass is 16.2. The Kier molecular flexibility index (Phi) is 6.63. The number of carbonyl (C=O) groups is 2. The summed E-state index contributed by atoms with van der Waals surface area (Å²) in [6.45, 7) is 3.53. The molecule has 7 nitrogen and oxygen atoms in total. The van der Waals surface area contributed by atoms with Gasteiger partial charge in [-0.2, -0.15) is 0 Å². The Labute approximate surface area is 200 Å². The average Bonchev–Trinajstić information content (AvgIpc) is 2.89. The van der Waals surface area contributed by atoms with Crippen LogP contribution in [0.15, 0.2) is 49.1 Å². The molecule has 5 rings (SSSR count). The largest absolute Gasteiger partial charge is 0.340 e. The highest BCUT2D eigenvalue weighted by Gasteiger charge is 2.32. The van der Waals surface area contributed by atoms with Crippen molar-refractivity contribution in [1.29, 1.82) is 0 Å². The number of likely N-dealkylation sites (N-methyl/N-ethyl adjacent to an activating group) is 1. The summed E-state index contributed by atoms with van der Waals surface area (Å²) in [6.07, 6.45) is 10.5. The molecular weight excluding hydrogens is 426 g/mol. The molecule has 1 aromatic carbocycles. The maximum absolute atomic E-state index is 13.0. The van der Waals surface area contributed by atoms with Crippen molar-refractivity contribution in [2.45, 2.75) is 32.1 Å². The Morgan fingerprint density at radius 3 is 2.38 bits per heavy atom. The summed E-state index contributed by atoms with van der Waals surface area (Å²) in [7, 11) is 2.10. The molecule has 0 N–H and O–H groups in total. The molecule has 0 atom stereocenters. The predicted molar refractivity (Wildman–Crippen MR) is 131 cm³/mol. The van der Waals surface area contributed by atoms with Gasteiger partial charge in [0.1, 0.15) is 5.78 Å². The van der Waals surface area contributed by atoms with E-state index in [9.17, 15) is 9.59 Å². The number of hydrogen-bond acceptors (Lipinski definition) is 6. The molecule has 1 aliphatic carbocycles. The zero-order chi connectivity index (χ0) is 23.5. The van der Waals surface area contributed by atoms with Gasteiger partial charge in [0.25, 0.3) is 0 Å². The zero-order valence-electron chi connectivity index (χ0n) is 19.7. The molecule has 1 saturated carbocycles. The molecule has 1 aliphatic heterocycles. The van der Waals surface area contributed by atoms with Gasteiger partial charge in [-0.1, -0.05) is 12.1 Å². The predicted octanol–water partition coefficient (Wildman–Crippen LogP) is 3.38. The third-order valence-electron chi connectivity index (χ3n) is 7.34. The summed E-state index contributed by atoms with van der Waals surface area (Å²) in [4.78, 5) is 43.3. The first kappa shape index (κ1) is 22.6. The van der Waals surface area contributed by atoms with E-state index < -0.39 is 0 Å². The Bertz CT molecular complexity index is 1170. The smallest absolute Gasteiger partial charge is 0.225 e. The number of fused-ring (bicyclic) bond motifs is 1. The molecule has 7 heteroatoms. The molecule has 3 heterocycles. The Balaban J connectivity index is 1.20. The first-order valence-corrected chi connectivity index (χ1v) is 12.2. The average molecular weight is 458 g/mol. The number of benzene rings is 1. The number of aromatic nitrogens is 3. The first-order valence-electron chi connectivity index (χ1n) is 12.2. The van der Waals surface area contributed by atoms with Crippen LogP contribution in [0.4, 0.5) is 0 Å². The monoisotopic (exact) mass is 457 g/mol. The number of amides is 1. The summed E-state index contributed by atoms with van der Waals surface area (Å²) in [5.41, 5.74) is 2.61. The lowest BCUT2D eigenvalue weighted by Crippen LogP contribution is -2.49. The van der Waals surface area contributed by atoms with E-state index in [0.29, 0.717) is 6.42 Å². The van der Waals surface area contributed by atoms with E-state index in [1.165, 1.54) is 0 Å². The molecule has 2 aromatic heterocycles. The quantitative estimate of drug-likeness (QED) is 0.584. The normalized spacial score (nSPS) is 21.5. The lowest BCUT2D eigenvalue weighted by atomic mass is 9.78. The van der Waals surface area contributed by atoms with E-state index in [0.717, 1.165) is 79.6 Å². The number of Topliss-reactive ketones (excluding diaryl/α,β-unsaturated/α-hetero) is 1. The van der Waals surface area contributed by atoms with Crippen LogP contribution in [0.25, 0.3) is 22.0 Å². The third kappa shape index (κ3) is 4.99. The van der Waals surface area contributed by atoms with Crippen LogP contribution >= 0.6 is 0 Å². The van der Waals surface area contributed by atoms with Crippen molar-refractivity contribution in [3.8, 4) is 11.3 Å². The van der Waals surface area contributed by atoms with Gasteiger partial charge in [0.2, 0.25) is 5.91 Å². The van der Waals surface area contributed by atoms with Crippen molar-refractivity contribution >= 4 is 22.5 Å². The number of rotatable bonds is 5. The summed E-state index contributed by atoms with van der Waals surface area (Å²) in [5.74, 6) is 0.627. The van der Waals surface area contributed by atoms with Gasteiger partial charge in [0.15, 0.2) is 0 Å². The Morgan fingerprint density at radius 2 is 1.65 bits per heavy atom. The minimum absolute atomic E-state index is 0.0277. The molecule has 2 aliphatic rings. The fourth-order valence-corrected chi connectivity index (χ4v) is 5.16. The van der Waals surface area contributed by atoms with Gasteiger partial charge in [0.05, 0.1) is 11.9 Å². The highest BCUT2D eigenvalue weighted by Crippen LogP contribution is 2.32. The molecular formula is C27H31N5O2. The van der Waals surface area contributed by atoms with E-state index in [1.54, 1.807) is 18.6 Å². The summed E-state index contributed by atoms with van der Waals surface area (Å²) < 4.78 is 0. The van der Waals surface area contributed by atoms with E-state index in [1.807, 2.05) is 29.3 Å². The first-order chi connectivity index (χ1) is 16.6. The van der Waals surface area contributed by atoms with Crippen molar-refractivity contribution in [1.82, 2.24) is 24.8 Å². The molecule has 176 valence electrons. The summed E-state index contributed by atoms with van der Waals surface area (Å²) >= 11 is 0. The minimum Gasteiger partial charge on any atom is -0.340 e. The van der Waals surface area contributed by atoms with Crippen molar-refractivity contribution < 1.29 is 9.59 Å². The second-order valence-corrected chi connectivity index (χ2v) is 9.65. The number of nitrogens with zero attached hydrogens (tertiary/aromatic N) is 5. The molecule has 0 radical (unpaired) electrons. The van der Waals surface area contributed by atoms with E-state index in [4.69, 9.17) is 0 Å². The SMILES string of the molecule is CN1CCN(C(=O)C2CCC(C(=O)Cc3cc4cc(-c5cnccn5)ccc4cn3)CC2)CC1. The molecule has 1 amide bonds. The third-order valence-corrected chi connectivity index (χ3v) is 7.34. The van der Waals surface area contributed by atoms with Crippen molar-refractivity contribution in [3.63, 3.8) is 0 Å². The number of carbonyl (C=O) groups excluding carboxylic acids is 2. The topological polar surface area (TPSA) is 79.3 Å². The van der Waals surface area contributed by atoms with Crippen molar-refractivity contribution in [2.75, 3.05) is 33.2 Å². The van der Waals surface area contributed by atoms with E-state index in [-0.39, 0.29) is 23.5 Å². The second kappa shape index (κ2) is 9.97. The van der Waals surface area contributed by atoms with Crippen LogP contribution in [-0.4, -0.2) is 69.7 Å². The number of pyridine rings is 1. The van der Waals surface area contributed by atoms with Crippen LogP contribution in [-0.2, 0) is 16.0 Å². The Hall–Kier alpha value is -3.19. The number of ketones is 1. The van der Waals surface area contributed by atoms with E-state index >= 15 is 0 Å². The number of hydrogen-bond donors (Lipinski definition) is 0. The molecule has 1 saturated heterocycles. The lowest BCUT2D eigenvalue weighted by Gasteiger charge is -2.36. The highest BCUT2D eigenvalue weighted by molar-refractivity contribution is 5.88. The van der Waals surface area contributed by atoms with Gasteiger partial charge in [-0.3, -0.25) is 24.5 Å². The second-order valence-electron chi connectivity index (χ2n) is 9.65. The van der Waals surface area contributed by atoms with Crippen LogP contribution < -0.4 is 0 Å². The fraction of sp³-hybridized carbons (Fsp3) is 0.444. The van der Waals surface area contributed by atoms with E-state index in [2.05, 4.69) is 33.0 Å². The van der Waals surface area contributed by atoms with Gasteiger partial charge >= 0.3 is 0 Å². The van der Waals surface area contributed by atoms with Crippen molar-refractivity contribution in [3.05, 3.63) is 54.7 Å². The van der Waals surface area contributed by atoms with Crippen LogP contribution in [0.3, 0.4) is 0 Å². The molecule has 0 unspecified atom stereocenters. The molecule has 34 heavy (non-hydrogen) atoms. The fourth-order valence-electron chi connectivity index (χ4n) is 5.16. The standard InChI is InChI=1S/C27H31N5O2/c1-31-10-12-32(13-11-31)27(34)20-4-2-19(3-5-20)26(33)16-24-15-23-14-21(6-7-22(23)17-30-24)25-18-28-8-9-29-25/h6-9,14-15,17-20H,2-5,10-13,16H2,1H3. The lowest BCUT2D eigenvalue weighted by molar-refractivity contribution is -0.139. The van der Waals surface area contributed by atoms with Crippen LogP contribution in [0.1, 0.15) is 31.4 Å². The Morgan fingerprint density at radius 1 is 0.882 bits per heavy atom. The summed E-state index contributed by atoms with van der Waals surface area (Å²) in [5, 5.41) is 2.08. The minimum atomic E-state index is 0.0277.